The van der Waals surface area contributed by atoms with Gasteiger partial charge in [-0.25, -0.2) is 9.97 Å². The highest BCUT2D eigenvalue weighted by Gasteiger charge is 2.18. The van der Waals surface area contributed by atoms with Crippen molar-refractivity contribution in [2.75, 3.05) is 30.0 Å². The van der Waals surface area contributed by atoms with Crippen molar-refractivity contribution in [2.45, 2.75) is 24.0 Å². The number of hydrogen-bond acceptors (Lipinski definition) is 6. The molecular formula is C10H18ClN5S. The van der Waals surface area contributed by atoms with Crippen molar-refractivity contribution in [3.8, 4) is 0 Å². The molecule has 0 amide bonds. The molecule has 0 aromatic carbocycles. The van der Waals surface area contributed by atoms with E-state index in [9.17, 15) is 0 Å². The maximum atomic E-state index is 5.87. The number of piperidine rings is 1. The van der Waals surface area contributed by atoms with E-state index in [4.69, 9.17) is 11.5 Å². The second kappa shape index (κ2) is 6.28. The van der Waals surface area contributed by atoms with Crippen LogP contribution in [0.15, 0.2) is 11.2 Å². The predicted molar refractivity (Wildman–Crippen MR) is 74.9 cm³/mol. The zero-order chi connectivity index (χ0) is 11.5. The maximum Gasteiger partial charge on any atom is 0.191 e. The summed E-state index contributed by atoms with van der Waals surface area (Å²) >= 11 is 1.51. The van der Waals surface area contributed by atoms with E-state index in [0.717, 1.165) is 36.9 Å². The zero-order valence-electron chi connectivity index (χ0n) is 9.80. The normalized spacial score (nSPS) is 16.7. The van der Waals surface area contributed by atoms with Gasteiger partial charge in [0.05, 0.1) is 0 Å². The van der Waals surface area contributed by atoms with Crippen molar-refractivity contribution in [3.63, 3.8) is 0 Å². The van der Waals surface area contributed by atoms with Crippen molar-refractivity contribution in [1.82, 2.24) is 9.97 Å². The van der Waals surface area contributed by atoms with Gasteiger partial charge in [-0.05, 0) is 19.1 Å². The second-order valence-electron chi connectivity index (χ2n) is 3.96. The van der Waals surface area contributed by atoms with Crippen molar-refractivity contribution in [2.24, 2.45) is 5.73 Å². The number of rotatable bonds is 2. The molecule has 1 aliphatic heterocycles. The molecule has 0 atom stereocenters. The first-order chi connectivity index (χ1) is 7.69. The monoisotopic (exact) mass is 275 g/mol. The van der Waals surface area contributed by atoms with Gasteiger partial charge in [-0.15, -0.1) is 12.4 Å². The third-order valence-corrected chi connectivity index (χ3v) is 3.31. The third-order valence-electron chi connectivity index (χ3n) is 2.76. The molecule has 0 saturated carbocycles. The van der Waals surface area contributed by atoms with Crippen molar-refractivity contribution in [3.05, 3.63) is 6.07 Å². The summed E-state index contributed by atoms with van der Waals surface area (Å²) in [5.41, 5.74) is 11.6. The number of aromatic nitrogens is 2. The van der Waals surface area contributed by atoms with Crippen LogP contribution in [0.5, 0.6) is 0 Å². The fourth-order valence-electron chi connectivity index (χ4n) is 1.81. The Hall–Kier alpha value is -0.720. The van der Waals surface area contributed by atoms with Crippen LogP contribution in [0.2, 0.25) is 0 Å². The Bertz CT molecular complexity index is 368. The number of nitrogens with two attached hydrogens (primary N) is 2. The van der Waals surface area contributed by atoms with E-state index in [1.807, 2.05) is 12.3 Å². The molecule has 1 aliphatic rings. The number of hydrogen-bond donors (Lipinski definition) is 2. The molecule has 1 aromatic rings. The highest BCUT2D eigenvalue weighted by Crippen LogP contribution is 2.21. The Labute approximate surface area is 112 Å². The van der Waals surface area contributed by atoms with E-state index < -0.39 is 0 Å². The van der Waals surface area contributed by atoms with Gasteiger partial charge in [0.2, 0.25) is 0 Å². The molecule has 0 aliphatic carbocycles. The number of halogens is 1. The highest BCUT2D eigenvalue weighted by atomic mass is 35.5. The topological polar surface area (TPSA) is 81.1 Å². The van der Waals surface area contributed by atoms with Crippen molar-refractivity contribution >= 4 is 35.8 Å². The Morgan fingerprint density at radius 1 is 1.35 bits per heavy atom. The molecule has 0 bridgehead atoms. The third kappa shape index (κ3) is 3.62. The smallest absolute Gasteiger partial charge is 0.191 e. The van der Waals surface area contributed by atoms with Gasteiger partial charge < -0.3 is 16.4 Å². The molecule has 2 heterocycles. The molecule has 5 nitrogen and oxygen atoms in total. The molecule has 0 unspecified atom stereocenters. The van der Waals surface area contributed by atoms with Gasteiger partial charge >= 0.3 is 0 Å². The summed E-state index contributed by atoms with van der Waals surface area (Å²) in [5, 5.41) is 0.727. The molecule has 2 rings (SSSR count). The van der Waals surface area contributed by atoms with E-state index in [1.54, 1.807) is 0 Å². The van der Waals surface area contributed by atoms with Gasteiger partial charge in [0, 0.05) is 25.2 Å². The lowest BCUT2D eigenvalue weighted by atomic mass is 10.1. The Balaban J connectivity index is 0.00000144. The van der Waals surface area contributed by atoms with E-state index in [2.05, 4.69) is 14.9 Å². The minimum absolute atomic E-state index is 0. The first kappa shape index (κ1) is 14.3. The van der Waals surface area contributed by atoms with Gasteiger partial charge in [0.25, 0.3) is 0 Å². The minimum atomic E-state index is 0. The lowest BCUT2D eigenvalue weighted by Gasteiger charge is -2.31. The summed E-state index contributed by atoms with van der Waals surface area (Å²) in [6.07, 6.45) is 3.97. The summed E-state index contributed by atoms with van der Waals surface area (Å²) < 4.78 is 0. The Morgan fingerprint density at radius 2 is 2.00 bits per heavy atom. The van der Waals surface area contributed by atoms with E-state index in [1.165, 1.54) is 11.8 Å². The average Bonchev–Trinajstić information content (AvgIpc) is 2.29. The highest BCUT2D eigenvalue weighted by molar-refractivity contribution is 7.98. The molecule has 96 valence electrons. The standard InChI is InChI=1S/C10H17N5S.ClH/c1-16-10-13-8(12)6-9(14-10)15-4-2-7(11)3-5-15;/h6-7H,2-5,11H2,1H3,(H2,12,13,14);1H. The van der Waals surface area contributed by atoms with E-state index in [-0.39, 0.29) is 12.4 Å². The molecule has 0 radical (unpaired) electrons. The van der Waals surface area contributed by atoms with E-state index >= 15 is 0 Å². The van der Waals surface area contributed by atoms with Crippen LogP contribution < -0.4 is 16.4 Å². The number of nitrogen functional groups attached to an aromatic ring is 1. The molecule has 1 fully saturated rings. The van der Waals surface area contributed by atoms with Gasteiger partial charge in [-0.2, -0.15) is 0 Å². The van der Waals surface area contributed by atoms with Crippen molar-refractivity contribution < 1.29 is 0 Å². The summed E-state index contributed by atoms with van der Waals surface area (Å²) in [6, 6.07) is 2.16. The largest absolute Gasteiger partial charge is 0.383 e. The number of nitrogens with zero attached hydrogens (tertiary/aromatic N) is 3. The summed E-state index contributed by atoms with van der Waals surface area (Å²) in [4.78, 5) is 10.8. The average molecular weight is 276 g/mol. The van der Waals surface area contributed by atoms with Crippen LogP contribution in [-0.4, -0.2) is 35.4 Å². The van der Waals surface area contributed by atoms with Crippen LogP contribution in [0.1, 0.15) is 12.8 Å². The minimum Gasteiger partial charge on any atom is -0.383 e. The lowest BCUT2D eigenvalue weighted by Crippen LogP contribution is -2.40. The van der Waals surface area contributed by atoms with Crippen LogP contribution in [0.25, 0.3) is 0 Å². The van der Waals surface area contributed by atoms with Crippen LogP contribution >= 0.6 is 24.2 Å². The predicted octanol–water partition coefficient (Wildman–Crippen LogP) is 1.13. The van der Waals surface area contributed by atoms with Gasteiger partial charge in [-0.3, -0.25) is 0 Å². The fourth-order valence-corrected chi connectivity index (χ4v) is 2.19. The van der Waals surface area contributed by atoms with Crippen LogP contribution in [0.3, 0.4) is 0 Å². The van der Waals surface area contributed by atoms with Gasteiger partial charge in [-0.1, -0.05) is 11.8 Å². The molecule has 1 saturated heterocycles. The summed E-state index contributed by atoms with van der Waals surface area (Å²) in [6.45, 7) is 1.90. The Kier molecular flexibility index (Phi) is 5.30. The van der Waals surface area contributed by atoms with Gasteiger partial charge in [0.15, 0.2) is 5.16 Å². The Morgan fingerprint density at radius 3 is 2.59 bits per heavy atom. The second-order valence-corrected chi connectivity index (χ2v) is 4.74. The maximum absolute atomic E-state index is 5.87. The van der Waals surface area contributed by atoms with Crippen LogP contribution in [-0.2, 0) is 0 Å². The molecular weight excluding hydrogens is 258 g/mol. The number of anilines is 2. The SMILES string of the molecule is CSc1nc(N)cc(N2CCC(N)CC2)n1.Cl. The summed E-state index contributed by atoms with van der Waals surface area (Å²) in [7, 11) is 0. The summed E-state index contributed by atoms with van der Waals surface area (Å²) in [5.74, 6) is 1.45. The molecule has 1 aromatic heterocycles. The zero-order valence-corrected chi connectivity index (χ0v) is 11.4. The van der Waals surface area contributed by atoms with Gasteiger partial charge in [0.1, 0.15) is 11.6 Å². The molecule has 17 heavy (non-hydrogen) atoms. The van der Waals surface area contributed by atoms with Crippen LogP contribution in [0.4, 0.5) is 11.6 Å². The molecule has 0 spiro atoms. The van der Waals surface area contributed by atoms with E-state index in [0.29, 0.717) is 11.9 Å². The quantitative estimate of drug-likeness (QED) is 0.622. The fraction of sp³-hybridized carbons (Fsp3) is 0.600. The van der Waals surface area contributed by atoms with Crippen LogP contribution in [0, 0.1) is 0 Å². The van der Waals surface area contributed by atoms with Crippen molar-refractivity contribution in [1.29, 1.82) is 0 Å². The molecule has 7 heteroatoms. The number of thioether (sulfide) groups is 1. The first-order valence-corrected chi connectivity index (χ1v) is 6.60. The first-order valence-electron chi connectivity index (χ1n) is 5.38. The lowest BCUT2D eigenvalue weighted by molar-refractivity contribution is 0.497. The molecule has 4 N–H and O–H groups in total.